The van der Waals surface area contributed by atoms with E-state index in [4.69, 9.17) is 14.5 Å². The Hall–Kier alpha value is -3.19. The molecule has 0 radical (unpaired) electrons. The van der Waals surface area contributed by atoms with Crippen molar-refractivity contribution in [1.82, 2.24) is 5.32 Å². The Balaban J connectivity index is 1.43. The Morgan fingerprint density at radius 3 is 2.70 bits per heavy atom. The van der Waals surface area contributed by atoms with Crippen LogP contribution in [0.25, 0.3) is 0 Å². The number of aliphatic imine (C=N–C) groups is 1. The minimum Gasteiger partial charge on any atom is -0.493 e. The van der Waals surface area contributed by atoms with E-state index in [2.05, 4.69) is 5.32 Å². The number of amides is 1. The van der Waals surface area contributed by atoms with E-state index in [1.165, 1.54) is 35.8 Å². The maximum Gasteiger partial charge on any atom is 0.254 e. The fraction of sp³-hybridized carbons (Fsp3) is 0.400. The molecule has 2 aliphatic rings. The summed E-state index contributed by atoms with van der Waals surface area (Å²) in [6, 6.07) is 12.4. The van der Waals surface area contributed by atoms with E-state index in [1.54, 1.807) is 48.9 Å². The normalized spacial score (nSPS) is 15.9. The second kappa shape index (κ2) is 11.9. The molecule has 1 amide bonds. The molecule has 0 spiro atoms. The van der Waals surface area contributed by atoms with Crippen molar-refractivity contribution in [2.24, 2.45) is 4.99 Å². The van der Waals surface area contributed by atoms with Gasteiger partial charge >= 0.3 is 0 Å². The van der Waals surface area contributed by atoms with Gasteiger partial charge in [-0.15, -0.1) is 11.3 Å². The molecule has 0 aliphatic heterocycles. The van der Waals surface area contributed by atoms with Gasteiger partial charge in [-0.2, -0.15) is 0 Å². The molecule has 1 aromatic heterocycles. The number of halogens is 1. The van der Waals surface area contributed by atoms with Crippen LogP contribution < -0.4 is 14.8 Å². The van der Waals surface area contributed by atoms with E-state index in [-0.39, 0.29) is 24.4 Å². The van der Waals surface area contributed by atoms with E-state index >= 15 is 0 Å². The number of thiophene rings is 1. The van der Waals surface area contributed by atoms with Crippen LogP contribution >= 0.6 is 11.3 Å². The number of hydrogen-bond acceptors (Lipinski definition) is 5. The first-order valence-electron chi connectivity index (χ1n) is 13.2. The van der Waals surface area contributed by atoms with Gasteiger partial charge in [0.2, 0.25) is 0 Å². The quantitative estimate of drug-likeness (QED) is 0.321. The summed E-state index contributed by atoms with van der Waals surface area (Å²) in [4.78, 5) is 19.6. The van der Waals surface area contributed by atoms with Crippen LogP contribution in [-0.2, 0) is 19.4 Å². The van der Waals surface area contributed by atoms with Crippen molar-refractivity contribution in [2.45, 2.75) is 70.4 Å². The van der Waals surface area contributed by atoms with Crippen LogP contribution in [0.15, 0.2) is 47.5 Å². The van der Waals surface area contributed by atoms with Gasteiger partial charge in [0, 0.05) is 28.3 Å². The SMILES string of the molecule is COc1cccc(C=Nc2sc3c(c2C(=O)NC2CCCCC2)CCCC3)c1OCc1ccccc1F. The molecule has 0 atom stereocenters. The summed E-state index contributed by atoms with van der Waals surface area (Å²) >= 11 is 1.62. The summed E-state index contributed by atoms with van der Waals surface area (Å²) < 4.78 is 25.7. The van der Waals surface area contributed by atoms with Crippen molar-refractivity contribution >= 4 is 28.5 Å². The van der Waals surface area contributed by atoms with Gasteiger partial charge < -0.3 is 14.8 Å². The van der Waals surface area contributed by atoms with Crippen LogP contribution in [-0.4, -0.2) is 25.3 Å². The first-order chi connectivity index (χ1) is 18.1. The third-order valence-electron chi connectivity index (χ3n) is 7.20. The standard InChI is InChI=1S/C30H33FN2O3S/c1-35-25-16-9-11-20(28(25)36-19-21-10-5-7-15-24(21)31)18-32-30-27(23-14-6-8-17-26(23)37-30)29(34)33-22-12-3-2-4-13-22/h5,7,9-11,15-16,18,22H,2-4,6,8,12-14,17,19H2,1H3,(H,33,34). The second-order valence-electron chi connectivity index (χ2n) is 9.72. The highest BCUT2D eigenvalue weighted by atomic mass is 32.1. The topological polar surface area (TPSA) is 59.9 Å². The number of nitrogens with one attached hydrogen (secondary N) is 1. The first-order valence-corrected chi connectivity index (χ1v) is 14.0. The summed E-state index contributed by atoms with van der Waals surface area (Å²) in [6.07, 6.45) is 11.6. The number of para-hydroxylation sites is 1. The number of carbonyl (C=O) groups is 1. The predicted molar refractivity (Wildman–Crippen MR) is 146 cm³/mol. The lowest BCUT2D eigenvalue weighted by molar-refractivity contribution is 0.0927. The maximum atomic E-state index is 14.2. The van der Waals surface area contributed by atoms with Crippen LogP contribution in [0.3, 0.4) is 0 Å². The summed E-state index contributed by atoms with van der Waals surface area (Å²) in [5.74, 6) is 0.720. The van der Waals surface area contributed by atoms with Crippen molar-refractivity contribution < 1.29 is 18.7 Å². The lowest BCUT2D eigenvalue weighted by Gasteiger charge is -2.23. The highest BCUT2D eigenvalue weighted by Crippen LogP contribution is 2.40. The number of carbonyl (C=O) groups excluding carboxylic acids is 1. The molecule has 2 aromatic carbocycles. The predicted octanol–water partition coefficient (Wildman–Crippen LogP) is 7.17. The van der Waals surface area contributed by atoms with Crippen molar-refractivity contribution in [3.8, 4) is 11.5 Å². The number of hydrogen-bond donors (Lipinski definition) is 1. The van der Waals surface area contributed by atoms with Gasteiger partial charge in [0.05, 0.1) is 12.7 Å². The highest BCUT2D eigenvalue weighted by Gasteiger charge is 2.27. The average molecular weight is 521 g/mol. The largest absolute Gasteiger partial charge is 0.493 e. The Morgan fingerprint density at radius 2 is 1.89 bits per heavy atom. The Bertz CT molecular complexity index is 1280. The van der Waals surface area contributed by atoms with Crippen LogP contribution in [0, 0.1) is 5.82 Å². The van der Waals surface area contributed by atoms with E-state index < -0.39 is 0 Å². The molecule has 5 rings (SSSR count). The molecular formula is C30H33FN2O3S. The number of ether oxygens (including phenoxy) is 2. The summed E-state index contributed by atoms with van der Waals surface area (Å²) in [5, 5.41) is 4.04. The Labute approximate surface area is 221 Å². The molecule has 194 valence electrons. The maximum absolute atomic E-state index is 14.2. The molecule has 3 aromatic rings. The number of fused-ring (bicyclic) bond motifs is 1. The minimum atomic E-state index is -0.314. The van der Waals surface area contributed by atoms with E-state index in [9.17, 15) is 9.18 Å². The molecule has 0 saturated heterocycles. The molecule has 5 nitrogen and oxygen atoms in total. The molecule has 37 heavy (non-hydrogen) atoms. The molecule has 2 aliphatic carbocycles. The number of nitrogens with zero attached hydrogens (tertiary/aromatic N) is 1. The van der Waals surface area contributed by atoms with E-state index in [1.807, 2.05) is 12.1 Å². The first kappa shape index (κ1) is 25.5. The van der Waals surface area contributed by atoms with Gasteiger partial charge in [-0.1, -0.05) is 43.5 Å². The summed E-state index contributed by atoms with van der Waals surface area (Å²) in [6.45, 7) is 0.0657. The summed E-state index contributed by atoms with van der Waals surface area (Å²) in [5.41, 5.74) is 3.07. The molecule has 1 N–H and O–H groups in total. The third kappa shape index (κ3) is 5.87. The van der Waals surface area contributed by atoms with Gasteiger partial charge in [0.25, 0.3) is 5.91 Å². The molecule has 1 heterocycles. The number of rotatable bonds is 8. The Morgan fingerprint density at radius 1 is 1.08 bits per heavy atom. The molecular weight excluding hydrogens is 487 g/mol. The van der Waals surface area contributed by atoms with Crippen LogP contribution in [0.2, 0.25) is 0 Å². The zero-order valence-electron chi connectivity index (χ0n) is 21.2. The monoisotopic (exact) mass is 520 g/mol. The van der Waals surface area contributed by atoms with E-state index in [0.717, 1.165) is 49.1 Å². The zero-order valence-corrected chi connectivity index (χ0v) is 22.0. The smallest absolute Gasteiger partial charge is 0.254 e. The number of benzene rings is 2. The molecule has 0 unspecified atom stereocenters. The van der Waals surface area contributed by atoms with Crippen molar-refractivity contribution in [3.63, 3.8) is 0 Å². The lowest BCUT2D eigenvalue weighted by atomic mass is 9.93. The zero-order chi connectivity index (χ0) is 25.6. The fourth-order valence-electron chi connectivity index (χ4n) is 5.22. The van der Waals surface area contributed by atoms with Gasteiger partial charge in [0.1, 0.15) is 17.4 Å². The Kier molecular flexibility index (Phi) is 8.19. The van der Waals surface area contributed by atoms with Crippen LogP contribution in [0.4, 0.5) is 9.39 Å². The van der Waals surface area contributed by atoms with Gasteiger partial charge in [-0.3, -0.25) is 4.79 Å². The molecule has 0 bridgehead atoms. The average Bonchev–Trinajstić information content (AvgIpc) is 3.30. The second-order valence-corrected chi connectivity index (χ2v) is 10.8. The molecule has 7 heteroatoms. The summed E-state index contributed by atoms with van der Waals surface area (Å²) in [7, 11) is 1.58. The van der Waals surface area contributed by atoms with Crippen LogP contribution in [0.5, 0.6) is 11.5 Å². The van der Waals surface area contributed by atoms with Crippen molar-refractivity contribution in [3.05, 3.63) is 75.4 Å². The fourth-order valence-corrected chi connectivity index (χ4v) is 6.45. The van der Waals surface area contributed by atoms with Crippen LogP contribution in [0.1, 0.15) is 76.9 Å². The van der Waals surface area contributed by atoms with Crippen molar-refractivity contribution in [1.29, 1.82) is 0 Å². The van der Waals surface area contributed by atoms with Gasteiger partial charge in [0.15, 0.2) is 11.5 Å². The molecule has 1 fully saturated rings. The third-order valence-corrected chi connectivity index (χ3v) is 8.40. The van der Waals surface area contributed by atoms with Gasteiger partial charge in [-0.25, -0.2) is 9.38 Å². The molecule has 1 saturated carbocycles. The van der Waals surface area contributed by atoms with Gasteiger partial charge in [-0.05, 0) is 62.3 Å². The highest BCUT2D eigenvalue weighted by molar-refractivity contribution is 7.16. The van der Waals surface area contributed by atoms with E-state index in [0.29, 0.717) is 22.6 Å². The number of methoxy groups -OCH3 is 1. The minimum absolute atomic E-state index is 0.000110. The lowest BCUT2D eigenvalue weighted by Crippen LogP contribution is -2.36. The van der Waals surface area contributed by atoms with Crippen molar-refractivity contribution in [2.75, 3.05) is 7.11 Å². The number of aryl methyl sites for hydroxylation is 1.